The Kier molecular flexibility index (Phi) is 4.51. The van der Waals surface area contributed by atoms with E-state index in [0.717, 1.165) is 5.56 Å². The molecule has 2 amide bonds. The Balaban J connectivity index is 1.72. The third-order valence-electron chi connectivity index (χ3n) is 4.56. The predicted octanol–water partition coefficient (Wildman–Crippen LogP) is 0.255. The Hall–Kier alpha value is -2.06. The molecule has 8 heteroatoms. The van der Waals surface area contributed by atoms with Crippen LogP contribution in [0.4, 0.5) is 0 Å². The highest BCUT2D eigenvalue weighted by molar-refractivity contribution is 8.01. The fraction of sp³-hybridized carbons (Fsp3) is 0.471. The average molecular weight is 364 g/mol. The van der Waals surface area contributed by atoms with Crippen LogP contribution in [0.25, 0.3) is 0 Å². The molecular formula is C17H20N2O5S. The lowest BCUT2D eigenvalue weighted by atomic mass is 9.87. The van der Waals surface area contributed by atoms with Gasteiger partial charge in [0.25, 0.3) is 0 Å². The first-order chi connectivity index (χ1) is 11.7. The van der Waals surface area contributed by atoms with E-state index in [4.69, 9.17) is 10.5 Å². The minimum absolute atomic E-state index is 0.122. The van der Waals surface area contributed by atoms with Gasteiger partial charge in [0.1, 0.15) is 24.7 Å². The maximum absolute atomic E-state index is 12.6. The maximum atomic E-state index is 12.6. The highest BCUT2D eigenvalue weighted by Crippen LogP contribution is 2.54. The average Bonchev–Trinajstić information content (AvgIpc) is 2.81. The first-order valence-corrected chi connectivity index (χ1v) is 8.80. The molecular weight excluding hydrogens is 344 g/mol. The lowest BCUT2D eigenvalue weighted by Crippen LogP contribution is -2.67. The van der Waals surface area contributed by atoms with Crippen LogP contribution in [0.15, 0.2) is 30.3 Å². The first kappa shape index (κ1) is 17.8. The van der Waals surface area contributed by atoms with Gasteiger partial charge in [0.15, 0.2) is 0 Å². The number of carbonyl (C=O) groups excluding carboxylic acids is 3. The Morgan fingerprint density at radius 2 is 2.00 bits per heavy atom. The number of rotatable bonds is 5. The van der Waals surface area contributed by atoms with Gasteiger partial charge in [-0.25, -0.2) is 4.79 Å². The molecule has 0 bridgehead atoms. The molecule has 0 spiro atoms. The van der Waals surface area contributed by atoms with E-state index >= 15 is 0 Å². The molecule has 0 saturated carbocycles. The lowest BCUT2D eigenvalue weighted by molar-refractivity contribution is -0.173. The zero-order chi connectivity index (χ0) is 18.4. The number of β-lactam (4-membered cyclic amide) rings is 1. The van der Waals surface area contributed by atoms with Crippen LogP contribution in [0, 0.1) is 5.92 Å². The molecule has 1 aromatic rings. The standard InChI is InChI=1S/C17H20N2O5S/c1-17(2)12(16(23)24-8-9-6-4-3-5-7-9)19-14(22)10(15(19)25-17)11(20)13(18)21/h3-7,10-12,15,20H,8H2,1-2H3,(H2,18,21)/t10-,11+,12+,15-/m1/s1. The molecule has 0 aliphatic carbocycles. The molecule has 7 nitrogen and oxygen atoms in total. The number of nitrogens with zero attached hydrogens (tertiary/aromatic N) is 1. The van der Waals surface area contributed by atoms with Gasteiger partial charge < -0.3 is 20.5 Å². The van der Waals surface area contributed by atoms with E-state index in [1.165, 1.54) is 16.7 Å². The van der Waals surface area contributed by atoms with Crippen molar-refractivity contribution in [1.82, 2.24) is 4.90 Å². The smallest absolute Gasteiger partial charge is 0.330 e. The SMILES string of the molecule is CC1(C)S[C@@H]2[C@H]([C@H](O)C(N)=O)C(=O)N2[C@H]1C(=O)OCc1ccccc1. The number of hydrogen-bond acceptors (Lipinski definition) is 6. The van der Waals surface area contributed by atoms with Crippen molar-refractivity contribution in [2.24, 2.45) is 11.7 Å². The van der Waals surface area contributed by atoms with Crippen LogP contribution < -0.4 is 5.73 Å². The number of thioether (sulfide) groups is 1. The number of ether oxygens (including phenoxy) is 1. The number of nitrogens with two attached hydrogens (primary N) is 1. The van der Waals surface area contributed by atoms with Gasteiger partial charge in [-0.15, -0.1) is 11.8 Å². The van der Waals surface area contributed by atoms with Crippen LogP contribution in [-0.4, -0.2) is 50.1 Å². The van der Waals surface area contributed by atoms with Gasteiger partial charge in [-0.05, 0) is 19.4 Å². The number of hydrogen-bond donors (Lipinski definition) is 2. The molecule has 2 aliphatic rings. The van der Waals surface area contributed by atoms with Gasteiger partial charge in [-0.2, -0.15) is 0 Å². The summed E-state index contributed by atoms with van der Waals surface area (Å²) in [7, 11) is 0. The van der Waals surface area contributed by atoms with Crippen molar-refractivity contribution in [2.75, 3.05) is 0 Å². The second-order valence-electron chi connectivity index (χ2n) is 6.73. The summed E-state index contributed by atoms with van der Waals surface area (Å²) in [5.41, 5.74) is 5.96. The molecule has 0 aromatic heterocycles. The van der Waals surface area contributed by atoms with E-state index in [1.54, 1.807) is 0 Å². The van der Waals surface area contributed by atoms with E-state index in [2.05, 4.69) is 0 Å². The molecule has 3 rings (SSSR count). The fourth-order valence-electron chi connectivity index (χ4n) is 3.30. The molecule has 3 N–H and O–H groups in total. The molecule has 2 fully saturated rings. The number of carbonyl (C=O) groups is 3. The number of primary amides is 1. The maximum Gasteiger partial charge on any atom is 0.330 e. The van der Waals surface area contributed by atoms with Crippen molar-refractivity contribution in [3.63, 3.8) is 0 Å². The van der Waals surface area contributed by atoms with Crippen LogP contribution in [0.5, 0.6) is 0 Å². The molecule has 25 heavy (non-hydrogen) atoms. The Morgan fingerprint density at radius 1 is 1.36 bits per heavy atom. The summed E-state index contributed by atoms with van der Waals surface area (Å²) in [5.74, 6) is -2.79. The molecule has 2 aliphatic heterocycles. The van der Waals surface area contributed by atoms with Crippen LogP contribution in [-0.2, 0) is 25.7 Å². The van der Waals surface area contributed by atoms with Crippen molar-refractivity contribution in [3.05, 3.63) is 35.9 Å². The van der Waals surface area contributed by atoms with Gasteiger partial charge in [-0.1, -0.05) is 30.3 Å². The Bertz CT molecular complexity index is 708. The van der Waals surface area contributed by atoms with E-state index in [-0.39, 0.29) is 6.61 Å². The van der Waals surface area contributed by atoms with E-state index in [1.807, 2.05) is 44.2 Å². The largest absolute Gasteiger partial charge is 0.459 e. The molecule has 2 heterocycles. The van der Waals surface area contributed by atoms with Crippen LogP contribution in [0.2, 0.25) is 0 Å². The van der Waals surface area contributed by atoms with Gasteiger partial charge in [-0.3, -0.25) is 9.59 Å². The number of benzene rings is 1. The van der Waals surface area contributed by atoms with Gasteiger partial charge >= 0.3 is 5.97 Å². The molecule has 1 aromatic carbocycles. The molecule has 134 valence electrons. The normalized spacial score (nSPS) is 28.0. The molecule has 4 atom stereocenters. The lowest BCUT2D eigenvalue weighted by Gasteiger charge is -2.45. The summed E-state index contributed by atoms with van der Waals surface area (Å²) in [6, 6.07) is 8.49. The molecule has 0 radical (unpaired) electrons. The Labute approximate surface area is 149 Å². The number of amides is 2. The highest BCUT2D eigenvalue weighted by atomic mass is 32.2. The molecule has 0 unspecified atom stereocenters. The fourth-order valence-corrected chi connectivity index (χ4v) is 5.01. The quantitative estimate of drug-likeness (QED) is 0.573. The van der Waals surface area contributed by atoms with Gasteiger partial charge in [0.2, 0.25) is 11.8 Å². The van der Waals surface area contributed by atoms with Crippen molar-refractivity contribution < 1.29 is 24.2 Å². The minimum Gasteiger partial charge on any atom is -0.459 e. The third-order valence-corrected chi connectivity index (χ3v) is 6.15. The van der Waals surface area contributed by atoms with Crippen LogP contribution >= 0.6 is 11.8 Å². The van der Waals surface area contributed by atoms with E-state index in [0.29, 0.717) is 0 Å². The van der Waals surface area contributed by atoms with Crippen molar-refractivity contribution in [3.8, 4) is 0 Å². The highest BCUT2D eigenvalue weighted by Gasteiger charge is 2.66. The minimum atomic E-state index is -1.55. The first-order valence-electron chi connectivity index (χ1n) is 7.92. The topological polar surface area (TPSA) is 110 Å². The number of aliphatic hydroxyl groups is 1. The van der Waals surface area contributed by atoms with Crippen LogP contribution in [0.3, 0.4) is 0 Å². The zero-order valence-electron chi connectivity index (χ0n) is 13.9. The second kappa shape index (κ2) is 6.34. The Morgan fingerprint density at radius 3 is 2.60 bits per heavy atom. The summed E-state index contributed by atoms with van der Waals surface area (Å²) >= 11 is 1.37. The summed E-state index contributed by atoms with van der Waals surface area (Å²) in [6.07, 6.45) is -1.55. The number of esters is 1. The second-order valence-corrected chi connectivity index (χ2v) is 8.50. The van der Waals surface area contributed by atoms with Crippen molar-refractivity contribution in [1.29, 1.82) is 0 Å². The third kappa shape index (κ3) is 3.00. The summed E-state index contributed by atoms with van der Waals surface area (Å²) in [4.78, 5) is 37.6. The summed E-state index contributed by atoms with van der Waals surface area (Å²) < 4.78 is 4.79. The van der Waals surface area contributed by atoms with Gasteiger partial charge in [0.05, 0.1) is 5.37 Å². The summed E-state index contributed by atoms with van der Waals surface area (Å²) in [6.45, 7) is 3.80. The van der Waals surface area contributed by atoms with Gasteiger partial charge in [0, 0.05) is 4.75 Å². The molecule has 2 saturated heterocycles. The van der Waals surface area contributed by atoms with Crippen molar-refractivity contribution >= 4 is 29.5 Å². The number of fused-ring (bicyclic) bond motifs is 1. The summed E-state index contributed by atoms with van der Waals surface area (Å²) in [5, 5.41) is 9.40. The van der Waals surface area contributed by atoms with Crippen LogP contribution in [0.1, 0.15) is 19.4 Å². The van der Waals surface area contributed by atoms with E-state index < -0.39 is 46.0 Å². The van der Waals surface area contributed by atoms with E-state index in [9.17, 15) is 19.5 Å². The number of aliphatic hydroxyl groups excluding tert-OH is 1. The van der Waals surface area contributed by atoms with Crippen molar-refractivity contribution in [2.45, 2.75) is 42.7 Å². The zero-order valence-corrected chi connectivity index (χ0v) is 14.7. The monoisotopic (exact) mass is 364 g/mol. The predicted molar refractivity (Wildman–Crippen MR) is 91.0 cm³/mol.